The van der Waals surface area contributed by atoms with Crippen molar-refractivity contribution in [3.8, 4) is 0 Å². The van der Waals surface area contributed by atoms with Gasteiger partial charge in [-0.05, 0) is 51.3 Å². The van der Waals surface area contributed by atoms with E-state index < -0.39 is 0 Å². The maximum atomic E-state index is 12.9. The van der Waals surface area contributed by atoms with Gasteiger partial charge in [0.25, 0.3) is 0 Å². The van der Waals surface area contributed by atoms with Gasteiger partial charge in [0.1, 0.15) is 17.9 Å². The van der Waals surface area contributed by atoms with Crippen molar-refractivity contribution in [1.82, 2.24) is 9.97 Å². The van der Waals surface area contributed by atoms with E-state index in [1.165, 1.54) is 6.33 Å². The third kappa shape index (κ3) is 3.44. The Kier molecular flexibility index (Phi) is 4.98. The van der Waals surface area contributed by atoms with Gasteiger partial charge in [-0.15, -0.1) is 0 Å². The number of amides is 1. The molecule has 1 atom stereocenters. The number of hydrogen-bond acceptors (Lipinski definition) is 5. The number of aryl methyl sites for hydroxylation is 3. The molecule has 1 fully saturated rings. The molecule has 1 aliphatic heterocycles. The Hall–Kier alpha value is -2.60. The fraction of sp³-hybridized carbons (Fsp3) is 0.381. The van der Waals surface area contributed by atoms with E-state index in [2.05, 4.69) is 20.2 Å². The third-order valence-corrected chi connectivity index (χ3v) is 5.73. The molecule has 0 unspecified atom stereocenters. The molecule has 0 spiro atoms. The molecule has 4 rings (SSSR count). The Morgan fingerprint density at radius 2 is 2.11 bits per heavy atom. The van der Waals surface area contributed by atoms with Crippen LogP contribution in [0.3, 0.4) is 0 Å². The first kappa shape index (κ1) is 18.7. The zero-order valence-corrected chi connectivity index (χ0v) is 17.0. The highest BCUT2D eigenvalue weighted by Gasteiger charge is 2.29. The second-order valence-corrected chi connectivity index (χ2v) is 7.83. The van der Waals surface area contributed by atoms with Crippen LogP contribution in [0.4, 0.5) is 11.5 Å². The number of anilines is 2. The third-order valence-electron chi connectivity index (χ3n) is 5.42. The van der Waals surface area contributed by atoms with Crippen molar-refractivity contribution in [1.29, 1.82) is 0 Å². The van der Waals surface area contributed by atoms with Gasteiger partial charge < -0.3 is 14.6 Å². The van der Waals surface area contributed by atoms with Gasteiger partial charge in [-0.25, -0.2) is 9.97 Å². The van der Waals surface area contributed by atoms with Crippen molar-refractivity contribution in [3.63, 3.8) is 0 Å². The highest BCUT2D eigenvalue weighted by atomic mass is 35.5. The van der Waals surface area contributed by atoms with Crippen LogP contribution in [0.5, 0.6) is 0 Å². The molecule has 1 N–H and O–H groups in total. The number of benzene rings is 1. The van der Waals surface area contributed by atoms with Gasteiger partial charge in [-0.3, -0.25) is 4.79 Å². The SMILES string of the molecule is Cc1ccc(NC(=O)[C@@H]2CCCN(c3ncnc4oc(C)c(C)c34)C2)c(Cl)c1. The zero-order valence-electron chi connectivity index (χ0n) is 16.3. The van der Waals surface area contributed by atoms with Gasteiger partial charge in [0, 0.05) is 18.7 Å². The van der Waals surface area contributed by atoms with Crippen LogP contribution in [0.1, 0.15) is 29.7 Å². The van der Waals surface area contributed by atoms with E-state index in [-0.39, 0.29) is 11.8 Å². The molecule has 28 heavy (non-hydrogen) atoms. The topological polar surface area (TPSA) is 71.3 Å². The molecule has 3 heterocycles. The maximum absolute atomic E-state index is 12.9. The number of nitrogens with zero attached hydrogens (tertiary/aromatic N) is 3. The second-order valence-electron chi connectivity index (χ2n) is 7.42. The summed E-state index contributed by atoms with van der Waals surface area (Å²) in [6, 6.07) is 5.64. The van der Waals surface area contributed by atoms with Crippen molar-refractivity contribution in [2.45, 2.75) is 33.6 Å². The zero-order chi connectivity index (χ0) is 19.8. The van der Waals surface area contributed by atoms with Crippen LogP contribution in [0, 0.1) is 26.7 Å². The maximum Gasteiger partial charge on any atom is 0.231 e. The summed E-state index contributed by atoms with van der Waals surface area (Å²) in [4.78, 5) is 23.8. The van der Waals surface area contributed by atoms with Gasteiger partial charge in [-0.2, -0.15) is 0 Å². The number of furan rings is 1. The number of carbonyl (C=O) groups is 1. The summed E-state index contributed by atoms with van der Waals surface area (Å²) in [7, 11) is 0. The Morgan fingerprint density at radius 1 is 1.29 bits per heavy atom. The molecule has 7 heteroatoms. The van der Waals surface area contributed by atoms with Crippen LogP contribution in [-0.4, -0.2) is 29.0 Å². The monoisotopic (exact) mass is 398 g/mol. The molecule has 0 aliphatic carbocycles. The van der Waals surface area contributed by atoms with Crippen LogP contribution in [0.25, 0.3) is 11.1 Å². The summed E-state index contributed by atoms with van der Waals surface area (Å²) >= 11 is 6.27. The highest BCUT2D eigenvalue weighted by Crippen LogP contribution is 2.33. The van der Waals surface area contributed by atoms with E-state index in [1.54, 1.807) is 0 Å². The summed E-state index contributed by atoms with van der Waals surface area (Å²) in [5, 5.41) is 4.47. The predicted octanol–water partition coefficient (Wildman–Crippen LogP) is 4.66. The van der Waals surface area contributed by atoms with Gasteiger partial charge in [0.2, 0.25) is 11.6 Å². The smallest absolute Gasteiger partial charge is 0.231 e. The molecular weight excluding hydrogens is 376 g/mol. The average molecular weight is 399 g/mol. The largest absolute Gasteiger partial charge is 0.443 e. The normalized spacial score (nSPS) is 17.1. The molecule has 6 nitrogen and oxygen atoms in total. The van der Waals surface area contributed by atoms with Crippen molar-refractivity contribution in [2.24, 2.45) is 5.92 Å². The summed E-state index contributed by atoms with van der Waals surface area (Å²) < 4.78 is 5.73. The number of fused-ring (bicyclic) bond motifs is 1. The Morgan fingerprint density at radius 3 is 2.89 bits per heavy atom. The first-order valence-electron chi connectivity index (χ1n) is 9.46. The lowest BCUT2D eigenvalue weighted by atomic mass is 9.96. The number of carbonyl (C=O) groups excluding carboxylic acids is 1. The Bertz CT molecular complexity index is 1050. The first-order chi connectivity index (χ1) is 13.4. The molecule has 2 aromatic heterocycles. The van der Waals surface area contributed by atoms with Crippen molar-refractivity contribution in [3.05, 3.63) is 46.4 Å². The number of aromatic nitrogens is 2. The lowest BCUT2D eigenvalue weighted by Gasteiger charge is -2.33. The van der Waals surface area contributed by atoms with Crippen LogP contribution >= 0.6 is 11.6 Å². The molecular formula is C21H23ClN4O2. The van der Waals surface area contributed by atoms with E-state index in [0.717, 1.165) is 47.5 Å². The van der Waals surface area contributed by atoms with Crippen molar-refractivity contribution in [2.75, 3.05) is 23.3 Å². The van der Waals surface area contributed by atoms with Crippen molar-refractivity contribution < 1.29 is 9.21 Å². The minimum absolute atomic E-state index is 0.0131. The molecule has 1 saturated heterocycles. The van der Waals surface area contributed by atoms with Gasteiger partial charge in [0.15, 0.2) is 0 Å². The van der Waals surface area contributed by atoms with Crippen LogP contribution < -0.4 is 10.2 Å². The molecule has 0 radical (unpaired) electrons. The number of halogens is 1. The summed E-state index contributed by atoms with van der Waals surface area (Å²) in [5.41, 5.74) is 3.35. The fourth-order valence-corrected chi connectivity index (χ4v) is 4.03. The Balaban J connectivity index is 1.56. The molecule has 0 saturated carbocycles. The van der Waals surface area contributed by atoms with Crippen LogP contribution in [0.2, 0.25) is 5.02 Å². The lowest BCUT2D eigenvalue weighted by Crippen LogP contribution is -2.41. The van der Waals surface area contributed by atoms with Crippen LogP contribution in [-0.2, 0) is 4.79 Å². The molecule has 146 valence electrons. The highest BCUT2D eigenvalue weighted by molar-refractivity contribution is 6.33. The van der Waals surface area contributed by atoms with Crippen LogP contribution in [0.15, 0.2) is 28.9 Å². The van der Waals surface area contributed by atoms with Gasteiger partial charge in [0.05, 0.1) is 22.0 Å². The molecule has 3 aromatic rings. The minimum atomic E-state index is -0.135. The summed E-state index contributed by atoms with van der Waals surface area (Å²) in [5.74, 6) is 1.53. The molecule has 0 bridgehead atoms. The minimum Gasteiger partial charge on any atom is -0.443 e. The fourth-order valence-electron chi connectivity index (χ4n) is 3.74. The van der Waals surface area contributed by atoms with E-state index in [0.29, 0.717) is 23.0 Å². The average Bonchev–Trinajstić information content (AvgIpc) is 2.98. The predicted molar refractivity (Wildman–Crippen MR) is 111 cm³/mol. The first-order valence-corrected chi connectivity index (χ1v) is 9.84. The molecule has 1 aliphatic rings. The number of rotatable bonds is 3. The molecule has 1 aromatic carbocycles. The van der Waals surface area contributed by atoms with Gasteiger partial charge in [-0.1, -0.05) is 17.7 Å². The number of piperidine rings is 1. The quantitative estimate of drug-likeness (QED) is 0.694. The van der Waals surface area contributed by atoms with Gasteiger partial charge >= 0.3 is 0 Å². The summed E-state index contributed by atoms with van der Waals surface area (Å²) in [6.45, 7) is 7.37. The van der Waals surface area contributed by atoms with E-state index in [1.807, 2.05) is 39.0 Å². The van der Waals surface area contributed by atoms with Crippen molar-refractivity contribution >= 4 is 40.1 Å². The number of hydrogen-bond donors (Lipinski definition) is 1. The summed E-state index contributed by atoms with van der Waals surface area (Å²) in [6.07, 6.45) is 3.28. The number of nitrogens with one attached hydrogen (secondary N) is 1. The second kappa shape index (κ2) is 7.43. The molecule has 1 amide bonds. The Labute approximate surface area is 168 Å². The lowest BCUT2D eigenvalue weighted by molar-refractivity contribution is -0.120. The van der Waals surface area contributed by atoms with E-state index >= 15 is 0 Å². The van der Waals surface area contributed by atoms with E-state index in [4.69, 9.17) is 16.0 Å². The standard InChI is InChI=1S/C21H23ClN4O2/c1-12-6-7-17(16(22)9-12)25-20(27)15-5-4-8-26(10-15)19-18-13(2)14(3)28-21(18)24-11-23-19/h6-7,9,11,15H,4-5,8,10H2,1-3H3,(H,25,27)/t15-/m1/s1. The van der Waals surface area contributed by atoms with E-state index in [9.17, 15) is 4.79 Å².